The fraction of sp³-hybridized carbons (Fsp3) is 0.877. The van der Waals surface area contributed by atoms with Gasteiger partial charge in [-0.3, -0.25) is 4.79 Å². The fourth-order valence-corrected chi connectivity index (χ4v) is 13.8. The van der Waals surface area contributed by atoms with Gasteiger partial charge < -0.3 is 29.5 Å². The van der Waals surface area contributed by atoms with Crippen LogP contribution in [0.25, 0.3) is 0 Å². The Morgan fingerprint density at radius 1 is 0.781 bits per heavy atom. The van der Waals surface area contributed by atoms with Crippen molar-refractivity contribution >= 4 is 5.97 Å². The minimum atomic E-state index is -1.45. The van der Waals surface area contributed by atoms with Gasteiger partial charge in [-0.25, -0.2) is 0 Å². The topological polar surface area (TPSA) is 105 Å². The molecule has 5 aliphatic rings. The van der Waals surface area contributed by atoms with E-state index >= 15 is 0 Å². The molecule has 1 aliphatic heterocycles. The molecule has 3 saturated carbocycles. The predicted molar refractivity (Wildman–Crippen MR) is 263 cm³/mol. The van der Waals surface area contributed by atoms with Crippen LogP contribution in [0.4, 0.5) is 0 Å². The Hall–Kier alpha value is -1.51. The number of carbonyl (C=O) groups is 1. The predicted octanol–water partition coefficient (Wildman–Crippen LogP) is 13.8. The average Bonchev–Trinajstić information content (AvgIpc) is 3.64. The highest BCUT2D eigenvalue weighted by atomic mass is 16.7. The molecule has 1 saturated heterocycles. The van der Waals surface area contributed by atoms with Crippen LogP contribution in [0.5, 0.6) is 0 Å². The van der Waals surface area contributed by atoms with Gasteiger partial charge in [-0.05, 0) is 149 Å². The molecule has 0 spiro atoms. The maximum absolute atomic E-state index is 12.7. The van der Waals surface area contributed by atoms with Crippen molar-refractivity contribution in [3.63, 3.8) is 0 Å². The van der Waals surface area contributed by atoms with Crippen molar-refractivity contribution in [3.05, 3.63) is 36.0 Å². The van der Waals surface area contributed by atoms with E-state index in [4.69, 9.17) is 14.2 Å². The molecule has 3 N–H and O–H groups in total. The van der Waals surface area contributed by atoms with Crippen molar-refractivity contribution in [1.29, 1.82) is 0 Å². The zero-order valence-corrected chi connectivity index (χ0v) is 42.2. The molecule has 0 amide bonds. The zero-order chi connectivity index (χ0) is 46.1. The SMILES string of the molecule is CCCCC/C=C\C/C=C\CCCCCCCCCCCC(=O)OCC1O[C@@H](O[C@H]2CC[C@@]3(C)C(=CC[C@H]4[C@@H]5CC[C@H]([C@H](C)CC[C@@H](CC)C(C)C)[C@@]5(C)CC[C@@H]43)C2)C(O)C(O)[C@@H]1O. The van der Waals surface area contributed by atoms with Gasteiger partial charge in [0.2, 0.25) is 0 Å². The third-order valence-electron chi connectivity index (χ3n) is 18.0. The Bertz CT molecular complexity index is 1440. The summed E-state index contributed by atoms with van der Waals surface area (Å²) in [7, 11) is 0. The summed E-state index contributed by atoms with van der Waals surface area (Å²) >= 11 is 0. The summed E-state index contributed by atoms with van der Waals surface area (Å²) in [6.45, 7) is 17.0. The van der Waals surface area contributed by atoms with E-state index in [0.29, 0.717) is 17.8 Å². The molecule has 1 heterocycles. The molecule has 3 unspecified atom stereocenters. The lowest BCUT2D eigenvalue weighted by Crippen LogP contribution is -2.60. The van der Waals surface area contributed by atoms with Gasteiger partial charge >= 0.3 is 5.97 Å². The van der Waals surface area contributed by atoms with Crippen LogP contribution < -0.4 is 0 Å². The van der Waals surface area contributed by atoms with E-state index < -0.39 is 30.7 Å². The number of unbranched alkanes of at least 4 members (excludes halogenated alkanes) is 12. The average molecular weight is 895 g/mol. The van der Waals surface area contributed by atoms with Gasteiger partial charge in [0.1, 0.15) is 31.0 Å². The van der Waals surface area contributed by atoms with Crippen LogP contribution in [0.3, 0.4) is 0 Å². The van der Waals surface area contributed by atoms with E-state index in [-0.39, 0.29) is 24.1 Å². The molecule has 0 aromatic heterocycles. The lowest BCUT2D eigenvalue weighted by molar-refractivity contribution is -0.313. The molecule has 0 aromatic carbocycles. The summed E-state index contributed by atoms with van der Waals surface area (Å²) in [5.74, 6) is 5.21. The summed E-state index contributed by atoms with van der Waals surface area (Å²) in [4.78, 5) is 12.7. The highest BCUT2D eigenvalue weighted by molar-refractivity contribution is 5.69. The summed E-state index contributed by atoms with van der Waals surface area (Å²) in [6.07, 6.45) is 37.0. The molecule has 4 fully saturated rings. The van der Waals surface area contributed by atoms with Gasteiger partial charge in [-0.15, -0.1) is 0 Å². The van der Waals surface area contributed by atoms with Crippen molar-refractivity contribution in [2.75, 3.05) is 6.61 Å². The first-order valence-corrected chi connectivity index (χ1v) is 27.3. The largest absolute Gasteiger partial charge is 0.463 e. The fourth-order valence-electron chi connectivity index (χ4n) is 13.8. The Morgan fingerprint density at radius 3 is 2.12 bits per heavy atom. The number of ether oxygens (including phenoxy) is 3. The summed E-state index contributed by atoms with van der Waals surface area (Å²) in [5.41, 5.74) is 2.12. The van der Waals surface area contributed by atoms with Crippen LogP contribution in [0.2, 0.25) is 0 Å². The number of allylic oxidation sites excluding steroid dienone is 5. The molecular weight excluding hydrogens is 797 g/mol. The van der Waals surface area contributed by atoms with Crippen molar-refractivity contribution in [1.82, 2.24) is 0 Å². The Balaban J connectivity index is 0.971. The smallest absolute Gasteiger partial charge is 0.305 e. The molecule has 7 heteroatoms. The van der Waals surface area contributed by atoms with Crippen molar-refractivity contribution in [2.24, 2.45) is 52.3 Å². The van der Waals surface area contributed by atoms with Crippen LogP contribution in [-0.4, -0.2) is 64.7 Å². The highest BCUT2D eigenvalue weighted by Crippen LogP contribution is 2.67. The van der Waals surface area contributed by atoms with Gasteiger partial charge in [0.05, 0.1) is 6.10 Å². The first kappa shape index (κ1) is 53.4. The molecule has 0 bridgehead atoms. The molecule has 5 rings (SSSR count). The van der Waals surface area contributed by atoms with Gasteiger partial charge in [0, 0.05) is 6.42 Å². The lowest BCUT2D eigenvalue weighted by atomic mass is 9.47. The van der Waals surface area contributed by atoms with Crippen LogP contribution in [-0.2, 0) is 19.0 Å². The number of rotatable bonds is 28. The van der Waals surface area contributed by atoms with E-state index in [1.54, 1.807) is 0 Å². The van der Waals surface area contributed by atoms with Gasteiger partial charge in [-0.1, -0.05) is 155 Å². The summed E-state index contributed by atoms with van der Waals surface area (Å²) < 4.78 is 18.1. The maximum atomic E-state index is 12.7. The molecule has 4 aliphatic carbocycles. The Labute approximate surface area is 392 Å². The van der Waals surface area contributed by atoms with Crippen LogP contribution in [0, 0.1) is 52.3 Å². The Morgan fingerprint density at radius 2 is 1.45 bits per heavy atom. The maximum Gasteiger partial charge on any atom is 0.305 e. The molecule has 7 nitrogen and oxygen atoms in total. The lowest BCUT2D eigenvalue weighted by Gasteiger charge is -2.58. The van der Waals surface area contributed by atoms with Gasteiger partial charge in [0.15, 0.2) is 6.29 Å². The van der Waals surface area contributed by atoms with Gasteiger partial charge in [-0.2, -0.15) is 0 Å². The van der Waals surface area contributed by atoms with Crippen molar-refractivity contribution < 1.29 is 34.3 Å². The summed E-state index contributed by atoms with van der Waals surface area (Å²) in [6, 6.07) is 0. The van der Waals surface area contributed by atoms with Crippen molar-refractivity contribution in [3.8, 4) is 0 Å². The second-order valence-corrected chi connectivity index (χ2v) is 22.5. The third-order valence-corrected chi connectivity index (χ3v) is 18.0. The standard InChI is InChI=1S/C57H98O7/c1-8-10-11-12-13-14-15-16-17-18-19-20-21-22-23-24-25-26-27-28-51(58)62-40-50-52(59)53(60)54(61)55(64-50)63-45-35-37-56(6)44(39-45)31-32-46-48-34-33-47(57(48,7)38-36-49(46)56)42(5)29-30-43(9-2)41(3)4/h13-14,16-17,31,41-43,45-50,52-55,59-61H,8-12,15,18-30,32-40H2,1-7H3/b14-13-,17-16-/t42-,43-,45+,46+,47-,48+,49+,50?,52-,53?,54?,55-,56+,57-/m1/s1. The quantitative estimate of drug-likeness (QED) is 0.0408. The molecule has 0 aromatic rings. The highest BCUT2D eigenvalue weighted by Gasteiger charge is 2.59. The second-order valence-electron chi connectivity index (χ2n) is 22.5. The zero-order valence-electron chi connectivity index (χ0n) is 42.2. The number of fused-ring (bicyclic) bond motifs is 5. The molecule has 14 atom stereocenters. The van der Waals surface area contributed by atoms with Gasteiger partial charge in [0.25, 0.3) is 0 Å². The number of aliphatic hydroxyl groups excluding tert-OH is 3. The molecule has 368 valence electrons. The van der Waals surface area contributed by atoms with Crippen LogP contribution >= 0.6 is 0 Å². The van der Waals surface area contributed by atoms with E-state index in [1.165, 1.54) is 121 Å². The number of carbonyl (C=O) groups excluding carboxylic acids is 1. The Kier molecular flexibility index (Phi) is 22.4. The van der Waals surface area contributed by atoms with Crippen molar-refractivity contribution in [2.45, 2.75) is 259 Å². The number of aliphatic hydroxyl groups is 3. The number of hydrogen-bond donors (Lipinski definition) is 3. The van der Waals surface area contributed by atoms with Crippen LogP contribution in [0.15, 0.2) is 36.0 Å². The minimum absolute atomic E-state index is 0.144. The van der Waals surface area contributed by atoms with E-state index in [9.17, 15) is 20.1 Å². The van der Waals surface area contributed by atoms with E-state index in [1.807, 2.05) is 0 Å². The number of esters is 1. The minimum Gasteiger partial charge on any atom is -0.463 e. The second kappa shape index (κ2) is 26.9. The normalized spacial score (nSPS) is 35.0. The number of hydrogen-bond acceptors (Lipinski definition) is 7. The van der Waals surface area contributed by atoms with E-state index in [0.717, 1.165) is 86.9 Å². The third kappa shape index (κ3) is 14.5. The monoisotopic (exact) mass is 895 g/mol. The first-order chi connectivity index (χ1) is 30.8. The van der Waals surface area contributed by atoms with Crippen LogP contribution in [0.1, 0.15) is 222 Å². The molecular formula is C57H98O7. The van der Waals surface area contributed by atoms with E-state index in [2.05, 4.69) is 78.8 Å². The first-order valence-electron chi connectivity index (χ1n) is 27.3. The molecule has 64 heavy (non-hydrogen) atoms. The summed E-state index contributed by atoms with van der Waals surface area (Å²) in [5, 5.41) is 32.6. The molecule has 0 radical (unpaired) electrons.